The third kappa shape index (κ3) is 6.21. The van der Waals surface area contributed by atoms with Crippen LogP contribution in [0.5, 0.6) is 0 Å². The summed E-state index contributed by atoms with van der Waals surface area (Å²) >= 11 is 1.87. The number of nitrogens with zero attached hydrogens (tertiary/aromatic N) is 2. The topological polar surface area (TPSA) is 8.17 Å². The van der Waals surface area contributed by atoms with E-state index in [-0.39, 0.29) is 0 Å². The molecule has 14 aromatic rings. The summed E-state index contributed by atoms with van der Waals surface area (Å²) in [6.45, 7) is 0. The fourth-order valence-corrected chi connectivity index (χ4v) is 14.3. The predicted molar refractivity (Wildman–Crippen MR) is 321 cm³/mol. The predicted octanol–water partition coefficient (Wildman–Crippen LogP) is 20.0. The molecule has 2 heterocycles. The van der Waals surface area contributed by atoms with Gasteiger partial charge >= 0.3 is 0 Å². The van der Waals surface area contributed by atoms with Gasteiger partial charge in [0.05, 0.1) is 22.1 Å². The van der Waals surface area contributed by atoms with E-state index in [0.717, 1.165) is 22.7 Å². The Labute approximate surface area is 445 Å². The van der Waals surface area contributed by atoms with Crippen molar-refractivity contribution in [1.29, 1.82) is 0 Å². The number of rotatable bonds is 7. The Morgan fingerprint density at radius 3 is 1.41 bits per heavy atom. The van der Waals surface area contributed by atoms with Gasteiger partial charge in [-0.25, -0.2) is 0 Å². The molecule has 2 nitrogen and oxygen atoms in total. The molecule has 2 aromatic heterocycles. The van der Waals surface area contributed by atoms with Gasteiger partial charge in [0, 0.05) is 53.6 Å². The monoisotopic (exact) mass is 982 g/mol. The highest BCUT2D eigenvalue weighted by atomic mass is 32.1. The zero-order valence-electron chi connectivity index (χ0n) is 41.4. The van der Waals surface area contributed by atoms with Crippen molar-refractivity contribution in [3.05, 3.63) is 301 Å². The minimum Gasteiger partial charge on any atom is -0.310 e. The fourth-order valence-electron chi connectivity index (χ4n) is 13.2. The zero-order chi connectivity index (χ0) is 49.9. The van der Waals surface area contributed by atoms with Crippen LogP contribution in [0, 0.1) is 0 Å². The minimum absolute atomic E-state index is 0.532. The number of anilines is 3. The van der Waals surface area contributed by atoms with Crippen LogP contribution in [0.3, 0.4) is 0 Å². The second kappa shape index (κ2) is 16.7. The molecular weight excluding hydrogens is 937 g/mol. The third-order valence-electron chi connectivity index (χ3n) is 16.4. The lowest BCUT2D eigenvalue weighted by Gasteiger charge is -2.36. The van der Waals surface area contributed by atoms with Gasteiger partial charge in [-0.1, -0.05) is 200 Å². The normalized spacial score (nSPS) is 12.8. The van der Waals surface area contributed by atoms with E-state index >= 15 is 0 Å². The molecule has 0 atom stereocenters. The summed E-state index contributed by atoms with van der Waals surface area (Å²) in [6.07, 6.45) is 0. The molecule has 0 saturated carbocycles. The minimum atomic E-state index is -0.532. The number of hydrogen-bond donors (Lipinski definition) is 0. The molecule has 1 spiro atoms. The molecule has 0 amide bonds. The summed E-state index contributed by atoms with van der Waals surface area (Å²) in [5.74, 6) is 0. The van der Waals surface area contributed by atoms with Crippen LogP contribution < -0.4 is 4.90 Å². The maximum absolute atomic E-state index is 2.52. The van der Waals surface area contributed by atoms with Crippen LogP contribution in [0.1, 0.15) is 22.3 Å². The van der Waals surface area contributed by atoms with Crippen molar-refractivity contribution in [3.63, 3.8) is 0 Å². The molecule has 2 aliphatic rings. The average molecular weight is 983 g/mol. The van der Waals surface area contributed by atoms with Gasteiger partial charge < -0.3 is 9.47 Å². The molecule has 3 heteroatoms. The first-order chi connectivity index (χ1) is 37.7. The molecule has 0 fully saturated rings. The van der Waals surface area contributed by atoms with Crippen molar-refractivity contribution in [2.24, 2.45) is 0 Å². The molecule has 0 radical (unpaired) electrons. The Morgan fingerprint density at radius 2 is 0.776 bits per heavy atom. The number of para-hydroxylation sites is 2. The van der Waals surface area contributed by atoms with E-state index in [1.165, 1.54) is 120 Å². The maximum atomic E-state index is 2.52. The Hall–Kier alpha value is -9.54. The van der Waals surface area contributed by atoms with Gasteiger partial charge in [0.1, 0.15) is 0 Å². The highest BCUT2D eigenvalue weighted by Gasteiger charge is 2.53. The first-order valence-electron chi connectivity index (χ1n) is 26.2. The van der Waals surface area contributed by atoms with Crippen molar-refractivity contribution in [2.45, 2.75) is 5.41 Å². The Morgan fingerprint density at radius 1 is 0.316 bits per heavy atom. The molecule has 0 unspecified atom stereocenters. The average Bonchev–Trinajstić information content (AvgIpc) is 4.42. The summed E-state index contributed by atoms with van der Waals surface area (Å²) in [7, 11) is 0. The highest BCUT2D eigenvalue weighted by Crippen LogP contribution is 2.65. The van der Waals surface area contributed by atoms with Crippen LogP contribution >= 0.6 is 11.3 Å². The van der Waals surface area contributed by atoms with Crippen molar-refractivity contribution in [2.75, 3.05) is 4.90 Å². The van der Waals surface area contributed by atoms with Gasteiger partial charge in [0.15, 0.2) is 0 Å². The van der Waals surface area contributed by atoms with Gasteiger partial charge in [-0.2, -0.15) is 0 Å². The van der Waals surface area contributed by atoms with Gasteiger partial charge in [-0.05, 0) is 151 Å². The van der Waals surface area contributed by atoms with Crippen molar-refractivity contribution >= 4 is 70.4 Å². The quantitative estimate of drug-likeness (QED) is 0.154. The SMILES string of the molecule is c1ccc(-c2ccc3sc4ccc(-c5ccc(N(c6ccc(-c7cccc8c7c7ccccc7n8-c7ccccc7)cc6)c6cccc7c6C6(c8ccccc8-c8ccccc86)c6ccccc6-7)cc5)cc4c3c2)cc1. The summed E-state index contributed by atoms with van der Waals surface area (Å²) in [5.41, 5.74) is 24.1. The van der Waals surface area contributed by atoms with E-state index in [2.05, 4.69) is 289 Å². The molecule has 0 aliphatic heterocycles. The molecule has 0 N–H and O–H groups in total. The van der Waals surface area contributed by atoms with E-state index < -0.39 is 5.41 Å². The summed E-state index contributed by atoms with van der Waals surface area (Å²) in [4.78, 5) is 2.52. The third-order valence-corrected chi connectivity index (χ3v) is 17.6. The lowest BCUT2D eigenvalue weighted by molar-refractivity contribution is 0.793. The Balaban J connectivity index is 0.882. The smallest absolute Gasteiger partial charge is 0.0746 e. The number of thiophene rings is 1. The van der Waals surface area contributed by atoms with E-state index in [1.54, 1.807) is 0 Å². The van der Waals surface area contributed by atoms with E-state index in [4.69, 9.17) is 0 Å². The largest absolute Gasteiger partial charge is 0.310 e. The van der Waals surface area contributed by atoms with E-state index in [1.807, 2.05) is 11.3 Å². The second-order valence-electron chi connectivity index (χ2n) is 20.3. The Bertz CT molecular complexity index is 4560. The molecule has 76 heavy (non-hydrogen) atoms. The zero-order valence-corrected chi connectivity index (χ0v) is 42.2. The first-order valence-corrected chi connectivity index (χ1v) is 27.1. The summed E-state index contributed by atoms with van der Waals surface area (Å²) < 4.78 is 5.01. The molecule has 2 aliphatic carbocycles. The second-order valence-corrected chi connectivity index (χ2v) is 21.4. The van der Waals surface area contributed by atoms with Crippen LogP contribution in [0.25, 0.3) is 103 Å². The van der Waals surface area contributed by atoms with Crippen molar-refractivity contribution in [1.82, 2.24) is 4.57 Å². The maximum Gasteiger partial charge on any atom is 0.0746 e. The number of benzene rings is 12. The van der Waals surface area contributed by atoms with Crippen LogP contribution in [0.15, 0.2) is 279 Å². The van der Waals surface area contributed by atoms with Gasteiger partial charge in [-0.15, -0.1) is 11.3 Å². The van der Waals surface area contributed by atoms with Gasteiger partial charge in [0.2, 0.25) is 0 Å². The summed E-state index contributed by atoms with van der Waals surface area (Å²) in [5, 5.41) is 5.10. The molecule has 16 rings (SSSR count). The molecule has 354 valence electrons. The van der Waals surface area contributed by atoms with Crippen LogP contribution in [0.2, 0.25) is 0 Å². The number of fused-ring (bicyclic) bond motifs is 16. The molecule has 12 aromatic carbocycles. The van der Waals surface area contributed by atoms with Crippen molar-refractivity contribution in [3.8, 4) is 61.3 Å². The Kier molecular flexibility index (Phi) is 9.45. The van der Waals surface area contributed by atoms with Crippen LogP contribution in [-0.2, 0) is 5.41 Å². The first kappa shape index (κ1) is 42.9. The highest BCUT2D eigenvalue weighted by molar-refractivity contribution is 7.25. The lowest BCUT2D eigenvalue weighted by atomic mass is 9.70. The van der Waals surface area contributed by atoms with E-state index in [0.29, 0.717) is 0 Å². The standard InChI is InChI=1S/C73H46N2S/c1-3-17-47(18-4-1)50-37-43-69-61(45-50)62-46-51(38-44-70(62)76-69)48-33-39-53(40-34-48)74(54-41-35-49(36-42-54)55-25-15-31-67-71(55)60-24-10-14-30-66(60)75(67)52-19-5-2-6-20-52)68-32-16-26-59-58-23-9-13-29-65(58)73(72(59)68)63-27-11-7-21-56(63)57-22-8-12-28-64(57)73/h1-46H. The van der Waals surface area contributed by atoms with Gasteiger partial charge in [-0.3, -0.25) is 0 Å². The van der Waals surface area contributed by atoms with Crippen LogP contribution in [-0.4, -0.2) is 4.57 Å². The summed E-state index contributed by atoms with van der Waals surface area (Å²) in [6, 6.07) is 104. The van der Waals surface area contributed by atoms with Gasteiger partial charge in [0.25, 0.3) is 0 Å². The molecular formula is C73H46N2S. The lowest BCUT2D eigenvalue weighted by Crippen LogP contribution is -2.28. The molecule has 0 saturated heterocycles. The molecule has 0 bridgehead atoms. The van der Waals surface area contributed by atoms with Crippen molar-refractivity contribution < 1.29 is 0 Å². The van der Waals surface area contributed by atoms with Crippen LogP contribution in [0.4, 0.5) is 17.1 Å². The number of aromatic nitrogens is 1. The van der Waals surface area contributed by atoms with E-state index in [9.17, 15) is 0 Å². The fraction of sp³-hybridized carbons (Fsp3) is 0.0137. The number of hydrogen-bond acceptors (Lipinski definition) is 2.